The summed E-state index contributed by atoms with van der Waals surface area (Å²) in [5, 5.41) is 4.99. The molecule has 0 bridgehead atoms. The predicted octanol–water partition coefficient (Wildman–Crippen LogP) is 4.50. The summed E-state index contributed by atoms with van der Waals surface area (Å²) in [7, 11) is -2.57. The van der Waals surface area contributed by atoms with E-state index in [-0.39, 0.29) is 27.1 Å². The molecule has 0 saturated carbocycles. The minimum absolute atomic E-state index is 0.192. The Balaban J connectivity index is 1.75. The molecule has 0 aliphatic heterocycles. The third-order valence-corrected chi connectivity index (χ3v) is 6.04. The first-order valence-corrected chi connectivity index (χ1v) is 11.3. The molecule has 0 aromatic heterocycles. The second kappa shape index (κ2) is 9.88. The van der Waals surface area contributed by atoms with Crippen molar-refractivity contribution in [3.05, 3.63) is 77.1 Å². The number of sulfonamides is 1. The molecule has 172 valence electrons. The van der Waals surface area contributed by atoms with E-state index in [1.807, 2.05) is 0 Å². The van der Waals surface area contributed by atoms with Gasteiger partial charge in [0.2, 0.25) is 5.91 Å². The Morgan fingerprint density at radius 3 is 2.21 bits per heavy atom. The molecule has 11 heteroatoms. The van der Waals surface area contributed by atoms with Crippen LogP contribution < -0.4 is 20.1 Å². The number of hydrogen-bond donors (Lipinski definition) is 3. The van der Waals surface area contributed by atoms with Crippen molar-refractivity contribution in [1.82, 2.24) is 0 Å². The summed E-state index contributed by atoms with van der Waals surface area (Å²) in [6.45, 7) is 1.36. The van der Waals surface area contributed by atoms with E-state index in [4.69, 9.17) is 16.3 Å². The van der Waals surface area contributed by atoms with Crippen LogP contribution in [0.3, 0.4) is 0 Å². The second-order valence-electron chi connectivity index (χ2n) is 6.81. The molecule has 0 spiro atoms. The number of methoxy groups -OCH3 is 1. The summed E-state index contributed by atoms with van der Waals surface area (Å²) in [4.78, 5) is 23.7. The second-order valence-corrected chi connectivity index (χ2v) is 8.90. The fourth-order valence-corrected chi connectivity index (χ4v) is 4.16. The van der Waals surface area contributed by atoms with E-state index in [0.29, 0.717) is 17.1 Å². The molecule has 0 aliphatic carbocycles. The largest absolute Gasteiger partial charge is 0.495 e. The number of benzene rings is 3. The standard InChI is InChI=1S/C22H19ClFN3O5S/c1-13(28)25-16-7-10-21(32-2)20(11-16)26-22(29)14-3-5-15(6-4-14)27-33(30,31)17-8-9-19(24)18(23)12-17/h3-12,27H,1-2H3,(H,25,28)(H,26,29). The van der Waals surface area contributed by atoms with E-state index >= 15 is 0 Å². The summed E-state index contributed by atoms with van der Waals surface area (Å²) < 4.78 is 45.9. The average molecular weight is 492 g/mol. The number of ether oxygens (including phenoxy) is 1. The van der Waals surface area contributed by atoms with E-state index in [9.17, 15) is 22.4 Å². The molecule has 0 saturated heterocycles. The van der Waals surface area contributed by atoms with Crippen LogP contribution in [0.2, 0.25) is 5.02 Å². The molecule has 3 rings (SSSR count). The summed E-state index contributed by atoms with van der Waals surface area (Å²) >= 11 is 5.66. The third-order valence-electron chi connectivity index (χ3n) is 4.37. The highest BCUT2D eigenvalue weighted by atomic mass is 35.5. The van der Waals surface area contributed by atoms with Crippen molar-refractivity contribution in [1.29, 1.82) is 0 Å². The van der Waals surface area contributed by atoms with Crippen molar-refractivity contribution in [2.75, 3.05) is 22.5 Å². The molecule has 8 nitrogen and oxygen atoms in total. The molecule has 0 aliphatic rings. The van der Waals surface area contributed by atoms with Gasteiger partial charge in [-0.3, -0.25) is 14.3 Å². The lowest BCUT2D eigenvalue weighted by atomic mass is 10.2. The Bertz CT molecular complexity index is 1310. The van der Waals surface area contributed by atoms with Gasteiger partial charge in [-0.15, -0.1) is 0 Å². The van der Waals surface area contributed by atoms with Crippen LogP contribution in [0.4, 0.5) is 21.5 Å². The van der Waals surface area contributed by atoms with Crippen LogP contribution in [-0.4, -0.2) is 27.3 Å². The first-order valence-electron chi connectivity index (χ1n) is 9.44. The maximum atomic E-state index is 13.3. The smallest absolute Gasteiger partial charge is 0.261 e. The van der Waals surface area contributed by atoms with Crippen LogP contribution >= 0.6 is 11.6 Å². The molecule has 2 amide bonds. The number of halogens is 2. The molecule has 3 aromatic carbocycles. The minimum Gasteiger partial charge on any atom is -0.495 e. The number of rotatable bonds is 7. The number of nitrogens with one attached hydrogen (secondary N) is 3. The molecule has 0 radical (unpaired) electrons. The molecule has 3 N–H and O–H groups in total. The van der Waals surface area contributed by atoms with Crippen LogP contribution in [0.1, 0.15) is 17.3 Å². The van der Waals surface area contributed by atoms with Gasteiger partial charge in [-0.25, -0.2) is 12.8 Å². The van der Waals surface area contributed by atoms with Crippen molar-refractivity contribution in [3.63, 3.8) is 0 Å². The van der Waals surface area contributed by atoms with Gasteiger partial charge in [0.15, 0.2) is 0 Å². The lowest BCUT2D eigenvalue weighted by Crippen LogP contribution is -2.15. The number of carbonyl (C=O) groups is 2. The van der Waals surface area contributed by atoms with Gasteiger partial charge < -0.3 is 15.4 Å². The topological polar surface area (TPSA) is 114 Å². The Morgan fingerprint density at radius 2 is 1.61 bits per heavy atom. The Morgan fingerprint density at radius 1 is 0.939 bits per heavy atom. The average Bonchev–Trinajstić information content (AvgIpc) is 2.75. The fraction of sp³-hybridized carbons (Fsp3) is 0.0909. The molecule has 3 aromatic rings. The van der Waals surface area contributed by atoms with Gasteiger partial charge in [-0.1, -0.05) is 11.6 Å². The van der Waals surface area contributed by atoms with Gasteiger partial charge >= 0.3 is 0 Å². The monoisotopic (exact) mass is 491 g/mol. The van der Waals surface area contributed by atoms with Gasteiger partial charge in [0.25, 0.3) is 15.9 Å². The number of anilines is 3. The quantitative estimate of drug-likeness (QED) is 0.450. The summed E-state index contributed by atoms with van der Waals surface area (Å²) in [5.74, 6) is -1.09. The SMILES string of the molecule is COc1ccc(NC(C)=O)cc1NC(=O)c1ccc(NS(=O)(=O)c2ccc(F)c(Cl)c2)cc1. The summed E-state index contributed by atoms with van der Waals surface area (Å²) in [6, 6.07) is 13.5. The van der Waals surface area contributed by atoms with E-state index in [1.54, 1.807) is 18.2 Å². The van der Waals surface area contributed by atoms with E-state index in [1.165, 1.54) is 38.3 Å². The fourth-order valence-electron chi connectivity index (χ4n) is 2.83. The third kappa shape index (κ3) is 5.99. The first-order chi connectivity index (χ1) is 15.6. The molecule has 0 heterocycles. The Hall–Kier alpha value is -3.63. The molecule has 0 unspecified atom stereocenters. The Labute approximate surface area is 194 Å². The minimum atomic E-state index is -4.01. The maximum absolute atomic E-state index is 13.3. The zero-order valence-corrected chi connectivity index (χ0v) is 19.1. The molecule has 0 atom stereocenters. The summed E-state index contributed by atoms with van der Waals surface area (Å²) in [5.41, 5.74) is 1.25. The maximum Gasteiger partial charge on any atom is 0.261 e. The van der Waals surface area contributed by atoms with Crippen LogP contribution in [0.5, 0.6) is 5.75 Å². The molecule has 33 heavy (non-hydrogen) atoms. The van der Waals surface area contributed by atoms with Crippen molar-refractivity contribution in [2.24, 2.45) is 0 Å². The Kier molecular flexibility index (Phi) is 7.19. The van der Waals surface area contributed by atoms with Crippen molar-refractivity contribution < 1.29 is 27.1 Å². The van der Waals surface area contributed by atoms with Gasteiger partial charge in [0.1, 0.15) is 11.6 Å². The lowest BCUT2D eigenvalue weighted by Gasteiger charge is -2.13. The van der Waals surface area contributed by atoms with E-state index in [0.717, 1.165) is 18.2 Å². The zero-order chi connectivity index (χ0) is 24.2. The van der Waals surface area contributed by atoms with Crippen LogP contribution in [0.25, 0.3) is 0 Å². The van der Waals surface area contributed by atoms with Crippen molar-refractivity contribution >= 4 is 50.5 Å². The summed E-state index contributed by atoms with van der Waals surface area (Å²) in [6.07, 6.45) is 0. The van der Waals surface area contributed by atoms with Gasteiger partial charge in [0, 0.05) is 23.9 Å². The number of hydrogen-bond acceptors (Lipinski definition) is 5. The normalized spacial score (nSPS) is 10.9. The first kappa shape index (κ1) is 24.0. The van der Waals surface area contributed by atoms with Crippen LogP contribution in [0, 0.1) is 5.82 Å². The number of amides is 2. The number of carbonyl (C=O) groups excluding carboxylic acids is 2. The zero-order valence-electron chi connectivity index (χ0n) is 17.5. The van der Waals surface area contributed by atoms with Gasteiger partial charge in [-0.2, -0.15) is 0 Å². The highest BCUT2D eigenvalue weighted by Crippen LogP contribution is 2.28. The van der Waals surface area contributed by atoms with E-state index in [2.05, 4.69) is 15.4 Å². The molecular formula is C22H19ClFN3O5S. The predicted molar refractivity (Wildman–Crippen MR) is 124 cm³/mol. The molecular weight excluding hydrogens is 473 g/mol. The van der Waals surface area contributed by atoms with Crippen molar-refractivity contribution in [2.45, 2.75) is 11.8 Å². The highest BCUT2D eigenvalue weighted by molar-refractivity contribution is 7.92. The van der Waals surface area contributed by atoms with E-state index < -0.39 is 21.7 Å². The van der Waals surface area contributed by atoms with Crippen LogP contribution in [0.15, 0.2) is 65.6 Å². The van der Waals surface area contributed by atoms with Gasteiger partial charge in [0.05, 0.1) is 22.7 Å². The lowest BCUT2D eigenvalue weighted by molar-refractivity contribution is -0.114. The van der Waals surface area contributed by atoms with Crippen molar-refractivity contribution in [3.8, 4) is 5.75 Å². The highest BCUT2D eigenvalue weighted by Gasteiger charge is 2.17. The molecule has 0 fully saturated rings. The van der Waals surface area contributed by atoms with Gasteiger partial charge in [-0.05, 0) is 60.7 Å². The van der Waals surface area contributed by atoms with Crippen LogP contribution in [-0.2, 0) is 14.8 Å².